The molecule has 0 spiro atoms. The molecule has 0 fully saturated rings. The highest BCUT2D eigenvalue weighted by Crippen LogP contribution is 2.31. The van der Waals surface area contributed by atoms with E-state index in [4.69, 9.17) is 25.9 Å². The molecule has 2 aromatic rings. The van der Waals surface area contributed by atoms with E-state index in [0.717, 1.165) is 0 Å². The number of hydrogen-bond donors (Lipinski definition) is 2. The zero-order valence-corrected chi connectivity index (χ0v) is 10.2. The predicted octanol–water partition coefficient (Wildman–Crippen LogP) is 3.38. The average Bonchev–Trinajstić information content (AvgIpc) is 2.78. The lowest BCUT2D eigenvalue weighted by Crippen LogP contribution is -1.94. The van der Waals surface area contributed by atoms with Gasteiger partial charge in [0.25, 0.3) is 0 Å². The van der Waals surface area contributed by atoms with Gasteiger partial charge in [0.2, 0.25) is 5.76 Å². The number of methoxy groups -OCH3 is 1. The van der Waals surface area contributed by atoms with Gasteiger partial charge in [0, 0.05) is 11.1 Å². The van der Waals surface area contributed by atoms with Crippen molar-refractivity contribution in [3.63, 3.8) is 0 Å². The van der Waals surface area contributed by atoms with Gasteiger partial charge in [-0.3, -0.25) is 0 Å². The summed E-state index contributed by atoms with van der Waals surface area (Å²) in [5.41, 5.74) is 0.594. The number of nitrogens with one attached hydrogen (secondary N) is 1. The van der Waals surface area contributed by atoms with E-state index in [2.05, 4.69) is 5.32 Å². The zero-order chi connectivity index (χ0) is 13.1. The fraction of sp³-hybridized carbons (Fsp3) is 0.0833. The van der Waals surface area contributed by atoms with Crippen molar-refractivity contribution in [1.82, 2.24) is 0 Å². The highest BCUT2D eigenvalue weighted by atomic mass is 35.5. The third-order valence-electron chi connectivity index (χ3n) is 2.24. The fourth-order valence-corrected chi connectivity index (χ4v) is 1.60. The minimum atomic E-state index is -1.12. The molecule has 5 nitrogen and oxygen atoms in total. The lowest BCUT2D eigenvalue weighted by atomic mass is 10.3. The van der Waals surface area contributed by atoms with Crippen LogP contribution in [0.4, 0.5) is 11.6 Å². The number of rotatable bonds is 4. The van der Waals surface area contributed by atoms with Crippen LogP contribution < -0.4 is 10.1 Å². The Bertz CT molecular complexity index is 579. The molecular weight excluding hydrogens is 258 g/mol. The van der Waals surface area contributed by atoms with Gasteiger partial charge in [0.15, 0.2) is 5.88 Å². The van der Waals surface area contributed by atoms with E-state index < -0.39 is 5.97 Å². The molecule has 1 heterocycles. The van der Waals surface area contributed by atoms with Crippen LogP contribution in [-0.4, -0.2) is 18.2 Å². The number of benzene rings is 1. The molecule has 6 heteroatoms. The van der Waals surface area contributed by atoms with Crippen molar-refractivity contribution in [3.05, 3.63) is 41.1 Å². The molecule has 0 aliphatic carbocycles. The first-order valence-corrected chi connectivity index (χ1v) is 5.41. The molecule has 0 amide bonds. The second kappa shape index (κ2) is 5.01. The van der Waals surface area contributed by atoms with Crippen molar-refractivity contribution >= 4 is 29.1 Å². The van der Waals surface area contributed by atoms with Crippen LogP contribution in [0.1, 0.15) is 10.6 Å². The Kier molecular flexibility index (Phi) is 3.43. The number of carbonyl (C=O) groups is 1. The fourth-order valence-electron chi connectivity index (χ4n) is 1.43. The summed E-state index contributed by atoms with van der Waals surface area (Å²) in [5.74, 6) is -0.389. The lowest BCUT2D eigenvalue weighted by Gasteiger charge is -2.09. The molecule has 0 aliphatic rings. The summed E-state index contributed by atoms with van der Waals surface area (Å²) >= 11 is 5.88. The van der Waals surface area contributed by atoms with E-state index >= 15 is 0 Å². The minimum absolute atomic E-state index is 0.140. The molecule has 0 aliphatic heterocycles. The van der Waals surface area contributed by atoms with Crippen molar-refractivity contribution in [2.45, 2.75) is 0 Å². The SMILES string of the molecule is COc1ccc(Cl)cc1Nc1ccc(C(=O)O)o1. The maximum atomic E-state index is 10.7. The topological polar surface area (TPSA) is 71.7 Å². The number of ether oxygens (including phenoxy) is 1. The van der Waals surface area contributed by atoms with E-state index in [1.165, 1.54) is 19.2 Å². The average molecular weight is 268 g/mol. The molecule has 0 radical (unpaired) electrons. The Morgan fingerprint density at radius 1 is 1.39 bits per heavy atom. The highest BCUT2D eigenvalue weighted by molar-refractivity contribution is 6.31. The van der Waals surface area contributed by atoms with Crippen LogP contribution in [0.2, 0.25) is 5.02 Å². The maximum Gasteiger partial charge on any atom is 0.371 e. The van der Waals surface area contributed by atoms with Crippen LogP contribution in [-0.2, 0) is 0 Å². The van der Waals surface area contributed by atoms with E-state index in [9.17, 15) is 4.79 Å². The summed E-state index contributed by atoms with van der Waals surface area (Å²) in [4.78, 5) is 10.7. The Balaban J connectivity index is 2.27. The molecule has 94 valence electrons. The molecule has 2 rings (SSSR count). The van der Waals surface area contributed by atoms with E-state index in [1.54, 1.807) is 18.2 Å². The van der Waals surface area contributed by atoms with Crippen LogP contribution in [0.3, 0.4) is 0 Å². The summed E-state index contributed by atoms with van der Waals surface area (Å²) < 4.78 is 10.2. The van der Waals surface area contributed by atoms with Crippen LogP contribution in [0.5, 0.6) is 5.75 Å². The van der Waals surface area contributed by atoms with Crippen molar-refractivity contribution in [3.8, 4) is 5.75 Å². The zero-order valence-electron chi connectivity index (χ0n) is 9.44. The number of hydrogen-bond acceptors (Lipinski definition) is 4. The number of furan rings is 1. The van der Waals surface area contributed by atoms with Crippen LogP contribution in [0.15, 0.2) is 34.7 Å². The van der Waals surface area contributed by atoms with Gasteiger partial charge in [0.1, 0.15) is 5.75 Å². The summed E-state index contributed by atoms with van der Waals surface area (Å²) in [6, 6.07) is 7.93. The third-order valence-corrected chi connectivity index (χ3v) is 2.47. The van der Waals surface area contributed by atoms with Gasteiger partial charge in [-0.05, 0) is 24.3 Å². The summed E-state index contributed by atoms with van der Waals surface area (Å²) in [5, 5.41) is 12.2. The largest absolute Gasteiger partial charge is 0.495 e. The molecule has 1 aromatic heterocycles. The summed E-state index contributed by atoms with van der Waals surface area (Å²) in [6.07, 6.45) is 0. The molecule has 0 atom stereocenters. The number of carboxylic acid groups (broad SMARTS) is 1. The Labute approximate surface area is 108 Å². The van der Waals surface area contributed by atoms with Gasteiger partial charge in [-0.15, -0.1) is 0 Å². The molecule has 0 unspecified atom stereocenters. The number of aromatic carboxylic acids is 1. The number of anilines is 2. The van der Waals surface area contributed by atoms with Gasteiger partial charge in [-0.25, -0.2) is 4.79 Å². The first-order chi connectivity index (χ1) is 8.60. The predicted molar refractivity (Wildman–Crippen MR) is 67.0 cm³/mol. The monoisotopic (exact) mass is 267 g/mol. The van der Waals surface area contributed by atoms with E-state index in [-0.39, 0.29) is 5.76 Å². The first-order valence-electron chi connectivity index (χ1n) is 5.04. The van der Waals surface area contributed by atoms with Gasteiger partial charge in [-0.1, -0.05) is 11.6 Å². The Morgan fingerprint density at radius 3 is 2.78 bits per heavy atom. The normalized spacial score (nSPS) is 10.1. The van der Waals surface area contributed by atoms with Gasteiger partial charge >= 0.3 is 5.97 Å². The minimum Gasteiger partial charge on any atom is -0.495 e. The number of carboxylic acids is 1. The molecular formula is C12H10ClNO4. The van der Waals surface area contributed by atoms with Gasteiger partial charge in [0.05, 0.1) is 12.8 Å². The Morgan fingerprint density at radius 2 is 2.17 bits per heavy atom. The molecule has 18 heavy (non-hydrogen) atoms. The van der Waals surface area contributed by atoms with Crippen molar-refractivity contribution < 1.29 is 19.1 Å². The van der Waals surface area contributed by atoms with Crippen molar-refractivity contribution in [2.75, 3.05) is 12.4 Å². The third kappa shape index (κ3) is 2.57. The molecule has 0 saturated heterocycles. The number of halogens is 1. The highest BCUT2D eigenvalue weighted by Gasteiger charge is 2.10. The standard InChI is InChI=1S/C12H10ClNO4/c1-17-9-3-2-7(13)6-8(9)14-11-5-4-10(18-11)12(15)16/h2-6,14H,1H3,(H,15,16). The Hall–Kier alpha value is -2.14. The smallest absolute Gasteiger partial charge is 0.371 e. The molecule has 1 aromatic carbocycles. The quantitative estimate of drug-likeness (QED) is 0.888. The second-order valence-corrected chi connectivity index (χ2v) is 3.88. The van der Waals surface area contributed by atoms with E-state index in [1.807, 2.05) is 0 Å². The lowest BCUT2D eigenvalue weighted by molar-refractivity contribution is 0.0663. The van der Waals surface area contributed by atoms with Gasteiger partial charge in [-0.2, -0.15) is 0 Å². The molecule has 0 saturated carbocycles. The van der Waals surface area contributed by atoms with Crippen molar-refractivity contribution in [2.24, 2.45) is 0 Å². The van der Waals surface area contributed by atoms with E-state index in [0.29, 0.717) is 22.3 Å². The maximum absolute atomic E-state index is 10.7. The van der Waals surface area contributed by atoms with Gasteiger partial charge < -0.3 is 19.6 Å². The van der Waals surface area contributed by atoms with Crippen molar-refractivity contribution in [1.29, 1.82) is 0 Å². The van der Waals surface area contributed by atoms with Crippen LogP contribution in [0, 0.1) is 0 Å². The summed E-state index contributed by atoms with van der Waals surface area (Å²) in [7, 11) is 1.53. The molecule has 0 bridgehead atoms. The van der Waals surface area contributed by atoms with Crippen LogP contribution in [0.25, 0.3) is 0 Å². The summed E-state index contributed by atoms with van der Waals surface area (Å²) in [6.45, 7) is 0. The first kappa shape index (κ1) is 12.3. The second-order valence-electron chi connectivity index (χ2n) is 3.44. The molecule has 2 N–H and O–H groups in total. The van der Waals surface area contributed by atoms with Crippen LogP contribution >= 0.6 is 11.6 Å².